The van der Waals surface area contributed by atoms with E-state index < -0.39 is 0 Å². The maximum absolute atomic E-state index is 5.81. The molecule has 116 valence electrons. The van der Waals surface area contributed by atoms with E-state index in [2.05, 4.69) is 42.2 Å². The fourth-order valence-corrected chi connectivity index (χ4v) is 2.31. The molecule has 0 spiro atoms. The summed E-state index contributed by atoms with van der Waals surface area (Å²) in [4.78, 5) is 4.32. The topological polar surface area (TPSA) is 31.4 Å². The van der Waals surface area contributed by atoms with E-state index >= 15 is 0 Å². The molecule has 1 aromatic heterocycles. The molecule has 1 heterocycles. The lowest BCUT2D eigenvalue weighted by atomic mass is 10.0. The number of nitrogens with zero attached hydrogens (tertiary/aromatic N) is 1. The maximum atomic E-state index is 5.81. The molecule has 0 amide bonds. The Balaban J connectivity index is 1.70. The molecule has 0 saturated heterocycles. The first-order chi connectivity index (χ1) is 11.2. The molecular weight excluding hydrogens is 286 g/mol. The van der Waals surface area contributed by atoms with Crippen molar-refractivity contribution in [1.29, 1.82) is 0 Å². The quantitative estimate of drug-likeness (QED) is 0.688. The second-order valence-corrected chi connectivity index (χ2v) is 5.41. The van der Waals surface area contributed by atoms with Crippen molar-refractivity contribution in [3.8, 4) is 22.6 Å². The summed E-state index contributed by atoms with van der Waals surface area (Å²) < 4.78 is 10.9. The van der Waals surface area contributed by atoms with Crippen LogP contribution in [-0.2, 0) is 6.61 Å². The standard InChI is InChI=1S/C20H19NO2/c1-15-3-5-17(6-4-15)18-11-16(12-21-13-18)14-23-20-9-7-19(22-2)8-10-20/h3-13H,14H2,1-2H3. The van der Waals surface area contributed by atoms with Crippen LogP contribution in [0.1, 0.15) is 11.1 Å². The largest absolute Gasteiger partial charge is 0.497 e. The second kappa shape index (κ2) is 6.97. The molecule has 3 heteroatoms. The van der Waals surface area contributed by atoms with Crippen molar-refractivity contribution in [2.24, 2.45) is 0 Å². The Bertz CT molecular complexity index is 764. The Kier molecular flexibility index (Phi) is 4.57. The lowest BCUT2D eigenvalue weighted by Gasteiger charge is -2.08. The molecule has 3 aromatic rings. The molecular formula is C20H19NO2. The van der Waals surface area contributed by atoms with E-state index in [1.54, 1.807) is 7.11 Å². The van der Waals surface area contributed by atoms with Crippen molar-refractivity contribution in [2.75, 3.05) is 7.11 Å². The first kappa shape index (κ1) is 15.1. The van der Waals surface area contributed by atoms with E-state index in [9.17, 15) is 0 Å². The van der Waals surface area contributed by atoms with Crippen molar-refractivity contribution in [1.82, 2.24) is 4.98 Å². The van der Waals surface area contributed by atoms with Gasteiger partial charge >= 0.3 is 0 Å². The average molecular weight is 305 g/mol. The number of hydrogen-bond donors (Lipinski definition) is 0. The van der Waals surface area contributed by atoms with E-state index in [1.165, 1.54) is 5.56 Å². The minimum atomic E-state index is 0.485. The van der Waals surface area contributed by atoms with E-state index in [-0.39, 0.29) is 0 Å². The van der Waals surface area contributed by atoms with Crippen LogP contribution in [0.3, 0.4) is 0 Å². The number of hydrogen-bond acceptors (Lipinski definition) is 3. The highest BCUT2D eigenvalue weighted by molar-refractivity contribution is 5.63. The molecule has 3 rings (SSSR count). The zero-order valence-corrected chi connectivity index (χ0v) is 13.3. The van der Waals surface area contributed by atoms with Gasteiger partial charge in [0.25, 0.3) is 0 Å². The fraction of sp³-hybridized carbons (Fsp3) is 0.150. The monoisotopic (exact) mass is 305 g/mol. The number of methoxy groups -OCH3 is 1. The molecule has 23 heavy (non-hydrogen) atoms. The fourth-order valence-electron chi connectivity index (χ4n) is 2.31. The van der Waals surface area contributed by atoms with Crippen LogP contribution in [-0.4, -0.2) is 12.1 Å². The average Bonchev–Trinajstić information content (AvgIpc) is 2.61. The zero-order chi connectivity index (χ0) is 16.1. The van der Waals surface area contributed by atoms with Crippen LogP contribution < -0.4 is 9.47 Å². The Morgan fingerprint density at radius 3 is 2.22 bits per heavy atom. The van der Waals surface area contributed by atoms with Gasteiger partial charge in [0.1, 0.15) is 18.1 Å². The van der Waals surface area contributed by atoms with Crippen molar-refractivity contribution < 1.29 is 9.47 Å². The first-order valence-electron chi connectivity index (χ1n) is 7.52. The van der Waals surface area contributed by atoms with Crippen LogP contribution in [0.5, 0.6) is 11.5 Å². The Morgan fingerprint density at radius 2 is 1.52 bits per heavy atom. The minimum Gasteiger partial charge on any atom is -0.497 e. The van der Waals surface area contributed by atoms with Gasteiger partial charge in [-0.2, -0.15) is 0 Å². The maximum Gasteiger partial charge on any atom is 0.120 e. The van der Waals surface area contributed by atoms with Gasteiger partial charge in [0.15, 0.2) is 0 Å². The van der Waals surface area contributed by atoms with Crippen LogP contribution >= 0.6 is 0 Å². The van der Waals surface area contributed by atoms with E-state index in [1.807, 2.05) is 36.7 Å². The normalized spacial score (nSPS) is 10.3. The summed E-state index contributed by atoms with van der Waals surface area (Å²) in [7, 11) is 1.65. The van der Waals surface area contributed by atoms with Gasteiger partial charge in [0.2, 0.25) is 0 Å². The molecule has 3 nitrogen and oxygen atoms in total. The first-order valence-corrected chi connectivity index (χ1v) is 7.52. The van der Waals surface area contributed by atoms with Crippen molar-refractivity contribution in [3.05, 3.63) is 78.1 Å². The van der Waals surface area contributed by atoms with Gasteiger partial charge < -0.3 is 9.47 Å². The molecule has 0 aliphatic rings. The molecule has 0 aliphatic heterocycles. The van der Waals surface area contributed by atoms with Crippen LogP contribution in [0.2, 0.25) is 0 Å². The Morgan fingerprint density at radius 1 is 0.826 bits per heavy atom. The zero-order valence-electron chi connectivity index (χ0n) is 13.3. The van der Waals surface area contributed by atoms with Gasteiger partial charge in [-0.1, -0.05) is 29.8 Å². The molecule has 0 aliphatic carbocycles. The van der Waals surface area contributed by atoms with Crippen LogP contribution in [0.25, 0.3) is 11.1 Å². The lowest BCUT2D eigenvalue weighted by molar-refractivity contribution is 0.305. The summed E-state index contributed by atoms with van der Waals surface area (Å²) in [5, 5.41) is 0. The van der Waals surface area contributed by atoms with Crippen molar-refractivity contribution >= 4 is 0 Å². The summed E-state index contributed by atoms with van der Waals surface area (Å²) >= 11 is 0. The highest BCUT2D eigenvalue weighted by Crippen LogP contribution is 2.21. The van der Waals surface area contributed by atoms with E-state index in [0.717, 1.165) is 28.2 Å². The number of pyridine rings is 1. The predicted octanol–water partition coefficient (Wildman–Crippen LogP) is 4.64. The van der Waals surface area contributed by atoms with Gasteiger partial charge in [0.05, 0.1) is 7.11 Å². The summed E-state index contributed by atoms with van der Waals surface area (Å²) in [6.07, 6.45) is 3.71. The third-order valence-corrected chi connectivity index (χ3v) is 3.64. The molecule has 0 fully saturated rings. The number of aromatic nitrogens is 1. The third kappa shape index (κ3) is 3.89. The predicted molar refractivity (Wildman–Crippen MR) is 91.7 cm³/mol. The molecule has 0 saturated carbocycles. The van der Waals surface area contributed by atoms with Crippen LogP contribution in [0.4, 0.5) is 0 Å². The van der Waals surface area contributed by atoms with Gasteiger partial charge in [-0.25, -0.2) is 0 Å². The smallest absolute Gasteiger partial charge is 0.120 e. The number of benzene rings is 2. The minimum absolute atomic E-state index is 0.485. The molecule has 2 aromatic carbocycles. The van der Waals surface area contributed by atoms with E-state index in [4.69, 9.17) is 9.47 Å². The molecule has 0 N–H and O–H groups in total. The summed E-state index contributed by atoms with van der Waals surface area (Å²) in [6.45, 7) is 2.57. The van der Waals surface area contributed by atoms with Crippen molar-refractivity contribution in [2.45, 2.75) is 13.5 Å². The number of ether oxygens (including phenoxy) is 2. The van der Waals surface area contributed by atoms with Gasteiger partial charge in [-0.3, -0.25) is 4.98 Å². The van der Waals surface area contributed by atoms with Gasteiger partial charge in [-0.05, 0) is 42.8 Å². The Labute approximate surface area is 136 Å². The second-order valence-electron chi connectivity index (χ2n) is 5.41. The van der Waals surface area contributed by atoms with Crippen LogP contribution in [0.15, 0.2) is 67.0 Å². The third-order valence-electron chi connectivity index (χ3n) is 3.64. The van der Waals surface area contributed by atoms with Crippen molar-refractivity contribution in [3.63, 3.8) is 0 Å². The Hall–Kier alpha value is -2.81. The molecule has 0 atom stereocenters. The number of aryl methyl sites for hydroxylation is 1. The SMILES string of the molecule is COc1ccc(OCc2cncc(-c3ccc(C)cc3)c2)cc1. The molecule has 0 unspecified atom stereocenters. The number of rotatable bonds is 5. The molecule has 0 bridgehead atoms. The highest BCUT2D eigenvalue weighted by Gasteiger charge is 2.02. The van der Waals surface area contributed by atoms with E-state index in [0.29, 0.717) is 6.61 Å². The summed E-state index contributed by atoms with van der Waals surface area (Å²) in [5.41, 5.74) is 4.55. The molecule has 0 radical (unpaired) electrons. The summed E-state index contributed by atoms with van der Waals surface area (Å²) in [6, 6.07) is 18.1. The van der Waals surface area contributed by atoms with Gasteiger partial charge in [-0.15, -0.1) is 0 Å². The van der Waals surface area contributed by atoms with Gasteiger partial charge in [0, 0.05) is 23.5 Å². The van der Waals surface area contributed by atoms with Crippen LogP contribution in [0, 0.1) is 6.92 Å². The lowest BCUT2D eigenvalue weighted by Crippen LogP contribution is -1.96. The highest BCUT2D eigenvalue weighted by atomic mass is 16.5. The summed E-state index contributed by atoms with van der Waals surface area (Å²) in [5.74, 6) is 1.63.